The Bertz CT molecular complexity index is 255. The lowest BCUT2D eigenvalue weighted by atomic mass is 9.20. The second-order valence-corrected chi connectivity index (χ2v) is 4.76. The van der Waals surface area contributed by atoms with Gasteiger partial charge in [0, 0.05) is 6.15 Å². The minimum Gasteiger partial charge on any atom is -0.210 e. The van der Waals surface area contributed by atoms with Crippen molar-refractivity contribution in [2.45, 2.75) is 46.2 Å². The first-order valence-electron chi connectivity index (χ1n) is 6.01. The highest BCUT2D eigenvalue weighted by molar-refractivity contribution is 6.90. The fourth-order valence-corrected chi connectivity index (χ4v) is 2.18. The van der Waals surface area contributed by atoms with Crippen LogP contribution in [0.5, 0.6) is 0 Å². The van der Waals surface area contributed by atoms with Crippen molar-refractivity contribution in [3.05, 3.63) is 30.3 Å². The molecule has 0 heterocycles. The molecule has 78 valence electrons. The van der Waals surface area contributed by atoms with Crippen LogP contribution in [0.1, 0.15) is 26.7 Å². The molecule has 0 radical (unpaired) electrons. The summed E-state index contributed by atoms with van der Waals surface area (Å²) in [4.78, 5) is 0. The predicted molar refractivity (Wildman–Crippen MR) is 67.9 cm³/mol. The van der Waals surface area contributed by atoms with Gasteiger partial charge in [-0.05, 0) is 0 Å². The molecule has 0 N–H and O–H groups in total. The van der Waals surface area contributed by atoms with Crippen molar-refractivity contribution in [2.75, 3.05) is 0 Å². The van der Waals surface area contributed by atoms with E-state index in [0.717, 1.165) is 0 Å². The fourth-order valence-electron chi connectivity index (χ4n) is 2.18. The van der Waals surface area contributed by atoms with Crippen molar-refractivity contribution < 1.29 is 0 Å². The van der Waals surface area contributed by atoms with Crippen molar-refractivity contribution >= 4 is 11.6 Å². The lowest BCUT2D eigenvalue weighted by Crippen LogP contribution is -2.43. The van der Waals surface area contributed by atoms with E-state index in [4.69, 9.17) is 0 Å². The van der Waals surface area contributed by atoms with Crippen molar-refractivity contribution in [3.63, 3.8) is 0 Å². The number of hydrogen-bond acceptors (Lipinski definition) is 0. The molecule has 1 aromatic carbocycles. The minimum absolute atomic E-state index is 0.292. The van der Waals surface area contributed by atoms with Gasteiger partial charge >= 0.3 is 0 Å². The fraction of sp³-hybridized carbons (Fsp3) is 0.538. The molecule has 1 rings (SSSR count). The summed E-state index contributed by atoms with van der Waals surface area (Å²) in [7, 11) is 0. The molecule has 0 aliphatic carbocycles. The smallest absolute Gasteiger partial charge is 0.0245 e. The average molecular weight is 189 g/mol. The zero-order valence-electron chi connectivity index (χ0n) is 9.79. The summed E-state index contributed by atoms with van der Waals surface area (Å²) in [5.74, 6) is 0. The van der Waals surface area contributed by atoms with Crippen molar-refractivity contribution in [1.82, 2.24) is 0 Å². The molecule has 0 fully saturated rings. The van der Waals surface area contributed by atoms with Gasteiger partial charge in [0.1, 0.15) is 0 Å². The van der Waals surface area contributed by atoms with E-state index >= 15 is 0 Å². The first-order valence-corrected chi connectivity index (χ1v) is 6.01. The summed E-state index contributed by atoms with van der Waals surface area (Å²) < 4.78 is 0. The zero-order chi connectivity index (χ0) is 10.4. The zero-order valence-corrected chi connectivity index (χ0v) is 9.79. The lowest BCUT2D eigenvalue weighted by Gasteiger charge is -2.35. The normalized spacial score (nSPS) is 15.1. The molecule has 1 heteroatoms. The summed E-state index contributed by atoms with van der Waals surface area (Å²) in [6.45, 7) is 7.05. The van der Waals surface area contributed by atoms with E-state index in [1.165, 1.54) is 25.5 Å². The topological polar surface area (TPSA) is 0 Å². The third-order valence-corrected chi connectivity index (χ3v) is 3.70. The molecule has 0 aliphatic rings. The molecule has 0 spiro atoms. The lowest BCUT2D eigenvalue weighted by molar-refractivity contribution is 0.866. The second-order valence-electron chi connectivity index (χ2n) is 4.76. The standard InChI is InChI=1S/C13H22B/c1-4-6-12-14(3,5-2)13-10-8-7-9-11-13/h7-11H,4-6,12H2,1-3H3/q-1. The van der Waals surface area contributed by atoms with Gasteiger partial charge in [-0.25, -0.2) is 5.46 Å². The van der Waals surface area contributed by atoms with Crippen LogP contribution >= 0.6 is 0 Å². The van der Waals surface area contributed by atoms with Crippen LogP contribution in [0.25, 0.3) is 0 Å². The maximum Gasteiger partial charge on any atom is 0.0245 e. The molecule has 1 aromatic rings. The first-order chi connectivity index (χ1) is 6.73. The number of hydrogen-bond donors (Lipinski definition) is 0. The molecule has 0 saturated heterocycles. The van der Waals surface area contributed by atoms with E-state index < -0.39 is 0 Å². The highest BCUT2D eigenvalue weighted by Crippen LogP contribution is 2.18. The van der Waals surface area contributed by atoms with E-state index in [1.54, 1.807) is 5.46 Å². The molecule has 0 saturated carbocycles. The molecule has 0 nitrogen and oxygen atoms in total. The van der Waals surface area contributed by atoms with Crippen LogP contribution in [0.15, 0.2) is 30.3 Å². The molecule has 1 unspecified atom stereocenters. The Balaban J connectivity index is 2.79. The maximum absolute atomic E-state index is 2.45. The molecule has 0 aliphatic heterocycles. The van der Waals surface area contributed by atoms with Gasteiger partial charge in [-0.2, -0.15) is 19.5 Å². The molecular formula is C13H22B-. The van der Waals surface area contributed by atoms with Crippen LogP contribution in [-0.4, -0.2) is 6.15 Å². The summed E-state index contributed by atoms with van der Waals surface area (Å²) >= 11 is 0. The van der Waals surface area contributed by atoms with Crippen molar-refractivity contribution in [1.29, 1.82) is 0 Å². The van der Waals surface area contributed by atoms with E-state index in [0.29, 0.717) is 0 Å². The Morgan fingerprint density at radius 1 is 1.07 bits per heavy atom. The first kappa shape index (κ1) is 11.4. The Morgan fingerprint density at radius 3 is 2.21 bits per heavy atom. The second kappa shape index (κ2) is 5.24. The monoisotopic (exact) mass is 189 g/mol. The average Bonchev–Trinajstić information content (AvgIpc) is 2.27. The van der Waals surface area contributed by atoms with Crippen LogP contribution in [0, 0.1) is 0 Å². The quantitative estimate of drug-likeness (QED) is 0.618. The van der Waals surface area contributed by atoms with Gasteiger partial charge in [-0.3, -0.25) is 0 Å². The van der Waals surface area contributed by atoms with Gasteiger partial charge in [-0.1, -0.05) is 57.0 Å². The molecule has 0 aromatic heterocycles. The SMILES string of the molecule is CCCC[B-](C)(CC)c1ccccc1. The Hall–Kier alpha value is -0.715. The van der Waals surface area contributed by atoms with Crippen LogP contribution in [0.3, 0.4) is 0 Å². The van der Waals surface area contributed by atoms with Gasteiger partial charge in [0.05, 0.1) is 0 Å². The van der Waals surface area contributed by atoms with Crippen LogP contribution < -0.4 is 5.46 Å². The summed E-state index contributed by atoms with van der Waals surface area (Å²) in [6.07, 6.45) is 5.05. The van der Waals surface area contributed by atoms with Gasteiger partial charge in [0.25, 0.3) is 0 Å². The maximum atomic E-state index is 2.45. The summed E-state index contributed by atoms with van der Waals surface area (Å²) in [5.41, 5.74) is 1.56. The number of rotatable bonds is 5. The van der Waals surface area contributed by atoms with Gasteiger partial charge in [0.15, 0.2) is 0 Å². The van der Waals surface area contributed by atoms with Crippen molar-refractivity contribution in [2.24, 2.45) is 0 Å². The highest BCUT2D eigenvalue weighted by Gasteiger charge is 2.17. The molecule has 1 atom stereocenters. The molecule has 0 bridgehead atoms. The largest absolute Gasteiger partial charge is 0.210 e. The Kier molecular flexibility index (Phi) is 4.25. The van der Waals surface area contributed by atoms with Gasteiger partial charge in [0.2, 0.25) is 0 Å². The van der Waals surface area contributed by atoms with Crippen molar-refractivity contribution in [3.8, 4) is 0 Å². The number of benzene rings is 1. The molecule has 14 heavy (non-hydrogen) atoms. The van der Waals surface area contributed by atoms with Crippen LogP contribution in [0.2, 0.25) is 19.5 Å². The molecule has 0 amide bonds. The van der Waals surface area contributed by atoms with E-state index in [2.05, 4.69) is 51.0 Å². The van der Waals surface area contributed by atoms with Crippen LogP contribution in [-0.2, 0) is 0 Å². The van der Waals surface area contributed by atoms with Gasteiger partial charge in [-0.15, -0.1) is 0 Å². The third-order valence-electron chi connectivity index (χ3n) is 3.70. The minimum atomic E-state index is -0.292. The van der Waals surface area contributed by atoms with E-state index in [1.807, 2.05) is 0 Å². The summed E-state index contributed by atoms with van der Waals surface area (Å²) in [5, 5.41) is 0. The van der Waals surface area contributed by atoms with E-state index in [9.17, 15) is 0 Å². The number of unbranched alkanes of at least 4 members (excludes halogenated alkanes) is 1. The summed E-state index contributed by atoms with van der Waals surface area (Å²) in [6, 6.07) is 11.0. The highest BCUT2D eigenvalue weighted by atomic mass is 14.0. The Labute approximate surface area is 88.6 Å². The van der Waals surface area contributed by atoms with Gasteiger partial charge < -0.3 is 0 Å². The molecular weight excluding hydrogens is 167 g/mol. The third kappa shape index (κ3) is 2.63. The predicted octanol–water partition coefficient (Wildman–Crippen LogP) is 3.79. The van der Waals surface area contributed by atoms with Crippen LogP contribution in [0.4, 0.5) is 0 Å². The Morgan fingerprint density at radius 2 is 1.71 bits per heavy atom. The van der Waals surface area contributed by atoms with E-state index in [-0.39, 0.29) is 6.15 Å².